The number of halogens is 3. The van der Waals surface area contributed by atoms with Crippen LogP contribution in [0.3, 0.4) is 0 Å². The van der Waals surface area contributed by atoms with Gasteiger partial charge in [0.2, 0.25) is 5.95 Å². The van der Waals surface area contributed by atoms with E-state index in [2.05, 4.69) is 30.5 Å². The number of fused-ring (bicyclic) bond motifs is 1. The van der Waals surface area contributed by atoms with Crippen LogP contribution in [0.1, 0.15) is 28.4 Å². The van der Waals surface area contributed by atoms with Crippen molar-refractivity contribution in [2.24, 2.45) is 7.05 Å². The maximum absolute atomic E-state index is 13.8. The molecule has 0 spiro atoms. The summed E-state index contributed by atoms with van der Waals surface area (Å²) in [6, 6.07) is 8.36. The predicted octanol–water partition coefficient (Wildman–Crippen LogP) is 4.15. The minimum Gasteiger partial charge on any atom is -0.369 e. The van der Waals surface area contributed by atoms with Crippen LogP contribution < -0.4 is 21.1 Å². The summed E-state index contributed by atoms with van der Waals surface area (Å²) >= 11 is 0. The van der Waals surface area contributed by atoms with Gasteiger partial charge in [-0.15, -0.1) is 0 Å². The highest BCUT2D eigenvalue weighted by molar-refractivity contribution is 6.05. The molecule has 1 aliphatic rings. The van der Waals surface area contributed by atoms with Gasteiger partial charge in [0.05, 0.1) is 11.8 Å². The lowest BCUT2D eigenvalue weighted by atomic mass is 10.0. The highest BCUT2D eigenvalue weighted by atomic mass is 19.4. The van der Waals surface area contributed by atoms with Gasteiger partial charge in [0, 0.05) is 62.8 Å². The smallest absolute Gasteiger partial charge is 0.369 e. The fourth-order valence-corrected chi connectivity index (χ4v) is 4.98. The van der Waals surface area contributed by atoms with Crippen LogP contribution in [0.4, 0.5) is 30.5 Å². The van der Waals surface area contributed by atoms with Gasteiger partial charge in [0.1, 0.15) is 11.2 Å². The molecular weight excluding hydrogens is 549 g/mol. The largest absolute Gasteiger partial charge is 0.416 e. The quantitative estimate of drug-likeness (QED) is 0.350. The minimum atomic E-state index is -4.62. The third kappa shape index (κ3) is 5.77. The van der Waals surface area contributed by atoms with E-state index in [1.165, 1.54) is 16.8 Å². The van der Waals surface area contributed by atoms with E-state index < -0.39 is 23.2 Å². The van der Waals surface area contributed by atoms with Crippen LogP contribution in [0.25, 0.3) is 22.4 Å². The van der Waals surface area contributed by atoms with Gasteiger partial charge < -0.3 is 20.4 Å². The summed E-state index contributed by atoms with van der Waals surface area (Å²) in [5.41, 5.74) is 1.32. The first-order valence-electron chi connectivity index (χ1n) is 13.5. The number of nitrogens with zero attached hydrogens (tertiary/aromatic N) is 6. The molecule has 0 bridgehead atoms. The van der Waals surface area contributed by atoms with Crippen LogP contribution in [0, 0.1) is 6.92 Å². The van der Waals surface area contributed by atoms with Crippen LogP contribution in [-0.4, -0.2) is 70.1 Å². The SMILES string of the molecule is CCN1CCN(c2cc(C(=O)Nc3ccc(C)c(-c4nc5cnc(NC)nc5n(C)c4=O)c3)cc(C(F)(F)F)c2)CC1. The molecule has 0 aliphatic carbocycles. The normalized spacial score (nSPS) is 14.3. The zero-order valence-electron chi connectivity index (χ0n) is 23.7. The number of hydrogen-bond acceptors (Lipinski definition) is 8. The molecule has 10 nitrogen and oxygen atoms in total. The first-order valence-corrected chi connectivity index (χ1v) is 13.5. The van der Waals surface area contributed by atoms with Crippen molar-refractivity contribution in [3.63, 3.8) is 0 Å². The lowest BCUT2D eigenvalue weighted by Gasteiger charge is -2.36. The molecule has 3 heterocycles. The molecule has 4 aromatic rings. The van der Waals surface area contributed by atoms with E-state index in [4.69, 9.17) is 0 Å². The van der Waals surface area contributed by atoms with E-state index in [1.807, 2.05) is 11.8 Å². The third-order valence-corrected chi connectivity index (χ3v) is 7.47. The van der Waals surface area contributed by atoms with Crippen molar-refractivity contribution in [3.8, 4) is 11.3 Å². The van der Waals surface area contributed by atoms with E-state index >= 15 is 0 Å². The Morgan fingerprint density at radius 2 is 1.79 bits per heavy atom. The Morgan fingerprint density at radius 3 is 2.45 bits per heavy atom. The summed E-state index contributed by atoms with van der Waals surface area (Å²) < 4.78 is 42.8. The average molecular weight is 581 g/mol. The number of carbonyl (C=O) groups excluding carboxylic acids is 1. The number of hydrogen-bond donors (Lipinski definition) is 2. The number of benzene rings is 2. The second-order valence-corrected chi connectivity index (χ2v) is 10.1. The second kappa shape index (κ2) is 11.4. The monoisotopic (exact) mass is 580 g/mol. The first-order chi connectivity index (χ1) is 20.0. The molecule has 2 aromatic carbocycles. The van der Waals surface area contributed by atoms with E-state index in [1.54, 1.807) is 39.2 Å². The molecule has 1 amide bonds. The topological polar surface area (TPSA) is 108 Å². The number of amides is 1. The highest BCUT2D eigenvalue weighted by Crippen LogP contribution is 2.34. The number of aryl methyl sites for hydroxylation is 2. The van der Waals surface area contributed by atoms with Crippen molar-refractivity contribution >= 4 is 34.4 Å². The summed E-state index contributed by atoms with van der Waals surface area (Å²) in [7, 11) is 3.24. The van der Waals surface area contributed by atoms with Crippen molar-refractivity contribution in [3.05, 3.63) is 69.6 Å². The Balaban J connectivity index is 1.48. The highest BCUT2D eigenvalue weighted by Gasteiger charge is 2.33. The Bertz CT molecular complexity index is 1710. The number of piperazine rings is 1. The molecular formula is C29H31F3N8O2. The van der Waals surface area contributed by atoms with Gasteiger partial charge >= 0.3 is 6.18 Å². The van der Waals surface area contributed by atoms with E-state index in [0.717, 1.165) is 37.3 Å². The van der Waals surface area contributed by atoms with Crippen LogP contribution >= 0.6 is 0 Å². The summed E-state index contributed by atoms with van der Waals surface area (Å²) in [4.78, 5) is 43.6. The number of nitrogens with one attached hydrogen (secondary N) is 2. The fourth-order valence-electron chi connectivity index (χ4n) is 4.98. The Labute approximate surface area is 240 Å². The summed E-state index contributed by atoms with van der Waals surface area (Å²) in [6.07, 6.45) is -3.11. The number of anilines is 3. The third-order valence-electron chi connectivity index (χ3n) is 7.47. The number of likely N-dealkylation sites (N-methyl/N-ethyl adjacent to an activating group) is 1. The summed E-state index contributed by atoms with van der Waals surface area (Å²) in [5.74, 6) is -0.356. The van der Waals surface area contributed by atoms with Gasteiger partial charge in [-0.2, -0.15) is 18.2 Å². The van der Waals surface area contributed by atoms with Crippen molar-refractivity contribution in [1.29, 1.82) is 0 Å². The lowest BCUT2D eigenvalue weighted by Crippen LogP contribution is -2.46. The molecule has 13 heteroatoms. The molecule has 2 N–H and O–H groups in total. The number of carbonyl (C=O) groups is 1. The van der Waals surface area contributed by atoms with Gasteiger partial charge in [0.25, 0.3) is 11.5 Å². The molecule has 1 saturated heterocycles. The lowest BCUT2D eigenvalue weighted by molar-refractivity contribution is -0.137. The number of rotatable bonds is 6. The molecule has 0 atom stereocenters. The minimum absolute atomic E-state index is 0.114. The molecule has 0 radical (unpaired) electrons. The van der Waals surface area contributed by atoms with Crippen molar-refractivity contribution in [1.82, 2.24) is 24.4 Å². The van der Waals surface area contributed by atoms with Crippen LogP contribution in [0.5, 0.6) is 0 Å². The summed E-state index contributed by atoms with van der Waals surface area (Å²) in [5, 5.41) is 5.53. The molecule has 0 saturated carbocycles. The van der Waals surface area contributed by atoms with Crippen LogP contribution in [-0.2, 0) is 13.2 Å². The van der Waals surface area contributed by atoms with E-state index in [9.17, 15) is 22.8 Å². The Hall–Kier alpha value is -4.52. The number of aromatic nitrogens is 4. The first kappa shape index (κ1) is 29.0. The fraction of sp³-hybridized carbons (Fsp3) is 0.345. The maximum Gasteiger partial charge on any atom is 0.416 e. The Kier molecular flexibility index (Phi) is 7.87. The molecule has 42 heavy (non-hydrogen) atoms. The summed E-state index contributed by atoms with van der Waals surface area (Å²) in [6.45, 7) is 7.29. The molecule has 1 aliphatic heterocycles. The van der Waals surface area contributed by atoms with E-state index in [-0.39, 0.29) is 11.3 Å². The molecule has 220 valence electrons. The van der Waals surface area contributed by atoms with E-state index in [0.29, 0.717) is 47.1 Å². The zero-order chi connectivity index (χ0) is 30.2. The molecule has 2 aromatic heterocycles. The zero-order valence-corrected chi connectivity index (χ0v) is 23.7. The molecule has 5 rings (SSSR count). The van der Waals surface area contributed by atoms with Gasteiger partial charge in [0.15, 0.2) is 5.65 Å². The van der Waals surface area contributed by atoms with Gasteiger partial charge in [-0.1, -0.05) is 13.0 Å². The van der Waals surface area contributed by atoms with Gasteiger partial charge in [-0.05, 0) is 49.4 Å². The molecule has 1 fully saturated rings. The molecule has 0 unspecified atom stereocenters. The van der Waals surface area contributed by atoms with Crippen molar-refractivity contribution in [2.75, 3.05) is 55.3 Å². The van der Waals surface area contributed by atoms with Crippen molar-refractivity contribution < 1.29 is 18.0 Å². The number of alkyl halides is 3. The van der Waals surface area contributed by atoms with Crippen molar-refractivity contribution in [2.45, 2.75) is 20.0 Å². The Morgan fingerprint density at radius 1 is 1.05 bits per heavy atom. The van der Waals surface area contributed by atoms with Crippen LogP contribution in [0.2, 0.25) is 0 Å². The van der Waals surface area contributed by atoms with Gasteiger partial charge in [-0.25, -0.2) is 9.97 Å². The predicted molar refractivity (Wildman–Crippen MR) is 156 cm³/mol. The van der Waals surface area contributed by atoms with Crippen LogP contribution in [0.15, 0.2) is 47.4 Å². The second-order valence-electron chi connectivity index (χ2n) is 10.1. The standard InChI is InChI=1S/C29H31F3N8O2/c1-5-39-8-10-40(11-9-39)21-13-18(12-19(14-21)29(30,31)32)26(41)35-20-7-6-17(2)22(15-20)24-27(42)38(4)25-23(36-24)16-34-28(33-3)37-25/h6-7,12-16H,5,8-11H2,1-4H3,(H,35,41)(H,33,34,37). The van der Waals surface area contributed by atoms with Gasteiger partial charge in [-0.3, -0.25) is 14.2 Å². The maximum atomic E-state index is 13.8. The average Bonchev–Trinajstić information content (AvgIpc) is 2.99.